The van der Waals surface area contributed by atoms with Crippen LogP contribution in [-0.2, 0) is 20.9 Å². The highest BCUT2D eigenvalue weighted by atomic mass is 32.2. The van der Waals surface area contributed by atoms with E-state index in [9.17, 15) is 9.59 Å². The molecule has 5 rings (SSSR count). The summed E-state index contributed by atoms with van der Waals surface area (Å²) in [5.74, 6) is -0.538. The van der Waals surface area contributed by atoms with Gasteiger partial charge in [0.05, 0.1) is 30.3 Å². The summed E-state index contributed by atoms with van der Waals surface area (Å²) in [5, 5.41) is 5.64. The Labute approximate surface area is 220 Å². The molecule has 1 atom stereocenters. The van der Waals surface area contributed by atoms with Gasteiger partial charge in [-0.2, -0.15) is 0 Å². The Hall–Kier alpha value is -4.17. The Morgan fingerprint density at radius 1 is 1.00 bits per heavy atom. The maximum atomic E-state index is 13.5. The van der Waals surface area contributed by atoms with Crippen molar-refractivity contribution in [3.05, 3.63) is 119 Å². The number of hydrogen-bond donors (Lipinski definition) is 1. The Balaban J connectivity index is 1.51. The van der Waals surface area contributed by atoms with E-state index in [1.165, 1.54) is 11.8 Å². The van der Waals surface area contributed by atoms with Crippen LogP contribution in [0.15, 0.2) is 107 Å². The zero-order valence-corrected chi connectivity index (χ0v) is 21.2. The highest BCUT2D eigenvalue weighted by molar-refractivity contribution is 8.16. The number of rotatable bonds is 8. The number of amidine groups is 1. The van der Waals surface area contributed by atoms with E-state index in [0.717, 1.165) is 27.6 Å². The average molecular weight is 511 g/mol. The minimum atomic E-state index is -0.489. The summed E-state index contributed by atoms with van der Waals surface area (Å²) in [6.45, 7) is 2.45. The molecule has 1 aromatic heterocycles. The zero-order chi connectivity index (χ0) is 25.6. The van der Waals surface area contributed by atoms with Crippen molar-refractivity contribution in [3.8, 4) is 0 Å². The first-order valence-electron chi connectivity index (χ1n) is 12.1. The molecule has 0 radical (unpaired) electrons. The third-order valence-corrected chi connectivity index (χ3v) is 6.94. The molecule has 0 saturated carbocycles. The molecule has 0 unspecified atom stereocenters. The van der Waals surface area contributed by atoms with E-state index in [2.05, 4.69) is 10.3 Å². The van der Waals surface area contributed by atoms with Crippen molar-refractivity contribution in [2.75, 3.05) is 6.61 Å². The minimum absolute atomic E-state index is 0.118. The molecule has 1 N–H and O–H groups in total. The van der Waals surface area contributed by atoms with Crippen molar-refractivity contribution in [2.45, 2.75) is 25.9 Å². The van der Waals surface area contributed by atoms with Gasteiger partial charge in [0, 0.05) is 30.2 Å². The fraction of sp³-hybridized carbons (Fsp3) is 0.172. The van der Waals surface area contributed by atoms with Crippen LogP contribution in [0.25, 0.3) is 5.70 Å². The molecule has 186 valence electrons. The number of carbonyl (C=O) groups is 2. The normalized spacial score (nSPS) is 16.6. The predicted molar refractivity (Wildman–Crippen MR) is 145 cm³/mol. The van der Waals surface area contributed by atoms with Gasteiger partial charge in [0.25, 0.3) is 0 Å². The molecule has 7 nitrogen and oxygen atoms in total. The maximum Gasteiger partial charge on any atom is 0.338 e. The number of hydrogen-bond acceptors (Lipinski definition) is 7. The molecule has 3 heterocycles. The number of ether oxygens (including phenoxy) is 1. The van der Waals surface area contributed by atoms with Crippen molar-refractivity contribution in [1.82, 2.24) is 15.2 Å². The van der Waals surface area contributed by atoms with Crippen LogP contribution in [0.2, 0.25) is 0 Å². The van der Waals surface area contributed by atoms with E-state index < -0.39 is 12.0 Å². The highest BCUT2D eigenvalue weighted by Gasteiger charge is 2.42. The van der Waals surface area contributed by atoms with E-state index in [4.69, 9.17) is 9.73 Å². The molecule has 0 bridgehead atoms. The van der Waals surface area contributed by atoms with Crippen LogP contribution < -0.4 is 5.32 Å². The molecule has 37 heavy (non-hydrogen) atoms. The smallest absolute Gasteiger partial charge is 0.338 e. The van der Waals surface area contributed by atoms with Gasteiger partial charge in [-0.25, -0.2) is 9.79 Å². The standard InChI is InChI=1S/C29H26N4O3S/c1-2-36-28(35)25-26(21-9-5-3-6-10-21)32-29-33(27(25)22-11-7-4-8-12-22)23(19-37-29)17-24(34)31-18-20-13-15-30-16-14-20/h3-16,19,27H,2,17-18H2,1H3,(H,31,34)/t27-/m0/s1. The number of aliphatic imine (C=N–C) groups is 1. The van der Waals surface area contributed by atoms with Crippen molar-refractivity contribution >= 4 is 34.5 Å². The van der Waals surface area contributed by atoms with Crippen molar-refractivity contribution in [2.24, 2.45) is 4.99 Å². The summed E-state index contributed by atoms with van der Waals surface area (Å²) in [7, 11) is 0. The molecule has 8 heteroatoms. The summed E-state index contributed by atoms with van der Waals surface area (Å²) in [5.41, 5.74) is 4.54. The third-order valence-electron chi connectivity index (χ3n) is 6.05. The van der Waals surface area contributed by atoms with Crippen LogP contribution in [0.4, 0.5) is 0 Å². The lowest BCUT2D eigenvalue weighted by molar-refractivity contribution is -0.139. The van der Waals surface area contributed by atoms with Gasteiger partial charge in [-0.1, -0.05) is 72.4 Å². The molecule has 0 fully saturated rings. The van der Waals surface area contributed by atoms with Crippen LogP contribution in [-0.4, -0.2) is 33.5 Å². The molecule has 0 aliphatic carbocycles. The van der Waals surface area contributed by atoms with Gasteiger partial charge in [0.15, 0.2) is 5.17 Å². The number of benzene rings is 2. The van der Waals surface area contributed by atoms with Crippen LogP contribution in [0, 0.1) is 0 Å². The van der Waals surface area contributed by atoms with Crippen LogP contribution in [0.1, 0.15) is 36.1 Å². The largest absolute Gasteiger partial charge is 0.463 e. The second kappa shape index (κ2) is 11.3. The molecule has 1 amide bonds. The molecule has 2 aliphatic rings. The van der Waals surface area contributed by atoms with E-state index in [1.54, 1.807) is 19.3 Å². The Morgan fingerprint density at radius 3 is 2.41 bits per heavy atom. The lowest BCUT2D eigenvalue weighted by atomic mass is 9.91. The number of pyridine rings is 1. The number of amides is 1. The Bertz CT molecular complexity index is 1370. The van der Waals surface area contributed by atoms with Gasteiger partial charge in [-0.3, -0.25) is 9.78 Å². The highest BCUT2D eigenvalue weighted by Crippen LogP contribution is 2.46. The lowest BCUT2D eigenvalue weighted by Crippen LogP contribution is -2.38. The van der Waals surface area contributed by atoms with Gasteiger partial charge in [-0.15, -0.1) is 0 Å². The molecule has 0 spiro atoms. The zero-order valence-electron chi connectivity index (χ0n) is 20.3. The first-order valence-corrected chi connectivity index (χ1v) is 12.9. The minimum Gasteiger partial charge on any atom is -0.463 e. The molecule has 2 aromatic carbocycles. The third kappa shape index (κ3) is 5.34. The fourth-order valence-corrected chi connectivity index (χ4v) is 5.29. The molecule has 3 aromatic rings. The van der Waals surface area contributed by atoms with E-state index in [-0.39, 0.29) is 18.9 Å². The second-order valence-electron chi connectivity index (χ2n) is 8.46. The number of nitrogens with zero attached hydrogens (tertiary/aromatic N) is 3. The van der Waals surface area contributed by atoms with Crippen LogP contribution in [0.5, 0.6) is 0 Å². The van der Waals surface area contributed by atoms with Crippen LogP contribution >= 0.6 is 11.8 Å². The average Bonchev–Trinajstić information content (AvgIpc) is 3.34. The van der Waals surface area contributed by atoms with Crippen LogP contribution in [0.3, 0.4) is 0 Å². The molecule has 0 saturated heterocycles. The topological polar surface area (TPSA) is 83.9 Å². The van der Waals surface area contributed by atoms with Gasteiger partial charge < -0.3 is 15.0 Å². The first kappa shape index (κ1) is 24.5. The number of carbonyl (C=O) groups excluding carboxylic acids is 2. The molecular weight excluding hydrogens is 484 g/mol. The number of aromatic nitrogens is 1. The van der Waals surface area contributed by atoms with Gasteiger partial charge in [0.2, 0.25) is 5.91 Å². The Kier molecular flexibility index (Phi) is 7.46. The number of esters is 1. The monoisotopic (exact) mass is 510 g/mol. The van der Waals surface area contributed by atoms with Gasteiger partial charge in [0.1, 0.15) is 0 Å². The number of fused-ring (bicyclic) bond motifs is 1. The van der Waals surface area contributed by atoms with Crippen molar-refractivity contribution in [3.63, 3.8) is 0 Å². The van der Waals surface area contributed by atoms with Crippen molar-refractivity contribution in [1.29, 1.82) is 0 Å². The Morgan fingerprint density at radius 2 is 1.70 bits per heavy atom. The van der Waals surface area contributed by atoms with E-state index in [1.807, 2.05) is 83.1 Å². The van der Waals surface area contributed by atoms with E-state index in [0.29, 0.717) is 17.8 Å². The number of thioether (sulfide) groups is 1. The summed E-state index contributed by atoms with van der Waals surface area (Å²) < 4.78 is 5.53. The quantitative estimate of drug-likeness (QED) is 0.427. The molecule has 2 aliphatic heterocycles. The predicted octanol–water partition coefficient (Wildman–Crippen LogP) is 5.06. The summed E-state index contributed by atoms with van der Waals surface area (Å²) in [6.07, 6.45) is 3.55. The first-order chi connectivity index (χ1) is 18.2. The summed E-state index contributed by atoms with van der Waals surface area (Å²) in [4.78, 5) is 37.3. The second-order valence-corrected chi connectivity index (χ2v) is 9.30. The van der Waals surface area contributed by atoms with Gasteiger partial charge >= 0.3 is 5.97 Å². The lowest BCUT2D eigenvalue weighted by Gasteiger charge is -2.36. The maximum absolute atomic E-state index is 13.5. The summed E-state index contributed by atoms with van der Waals surface area (Å²) >= 11 is 1.45. The van der Waals surface area contributed by atoms with Crippen molar-refractivity contribution < 1.29 is 14.3 Å². The fourth-order valence-electron chi connectivity index (χ4n) is 4.37. The SMILES string of the molecule is CCOC(=O)C1=C(c2ccccc2)N=C2SC=C(CC(=O)NCc3ccncc3)N2[C@H]1c1ccccc1. The summed E-state index contributed by atoms with van der Waals surface area (Å²) in [6, 6.07) is 22.7. The van der Waals surface area contributed by atoms with E-state index >= 15 is 0 Å². The number of nitrogens with one attached hydrogen (secondary N) is 1. The molecular formula is C29H26N4O3S. The van der Waals surface area contributed by atoms with Gasteiger partial charge in [-0.05, 0) is 35.6 Å².